The fraction of sp³-hybridized carbons (Fsp3) is 0.217. The van der Waals surface area contributed by atoms with Crippen molar-refractivity contribution in [3.05, 3.63) is 88.2 Å². The van der Waals surface area contributed by atoms with Gasteiger partial charge in [-0.2, -0.15) is 5.10 Å². The Hall–Kier alpha value is -2.63. The first-order valence-corrected chi connectivity index (χ1v) is 10.5. The molecule has 0 atom stereocenters. The highest BCUT2D eigenvalue weighted by molar-refractivity contribution is 7.80. The van der Waals surface area contributed by atoms with Gasteiger partial charge in [0.2, 0.25) is 0 Å². The van der Waals surface area contributed by atoms with Gasteiger partial charge >= 0.3 is 0 Å². The van der Waals surface area contributed by atoms with Crippen molar-refractivity contribution in [2.24, 2.45) is 5.10 Å². The Morgan fingerprint density at radius 1 is 1.07 bits per heavy atom. The Labute approximate surface area is 182 Å². The summed E-state index contributed by atoms with van der Waals surface area (Å²) in [6.07, 6.45) is 5.67. The summed E-state index contributed by atoms with van der Waals surface area (Å²) in [4.78, 5) is 0. The van der Waals surface area contributed by atoms with E-state index in [4.69, 9.17) is 23.8 Å². The molecular weight excluding hydrogens is 400 g/mol. The molecule has 0 aliphatic heterocycles. The number of benzene rings is 2. The van der Waals surface area contributed by atoms with Crippen LogP contribution in [0.1, 0.15) is 36.2 Å². The number of aromatic nitrogens is 1. The van der Waals surface area contributed by atoms with Crippen LogP contribution in [0.4, 0.5) is 5.69 Å². The highest BCUT2D eigenvalue weighted by Crippen LogP contribution is 2.22. The zero-order valence-corrected chi connectivity index (χ0v) is 18.2. The van der Waals surface area contributed by atoms with E-state index >= 15 is 0 Å². The molecule has 150 valence electrons. The summed E-state index contributed by atoms with van der Waals surface area (Å²) in [6.45, 7) is 5.01. The lowest BCUT2D eigenvalue weighted by atomic mass is 10.0. The van der Waals surface area contributed by atoms with E-state index in [1.807, 2.05) is 36.5 Å². The van der Waals surface area contributed by atoms with Crippen LogP contribution < -0.4 is 10.7 Å². The number of nitrogens with zero attached hydrogens (tertiary/aromatic N) is 2. The summed E-state index contributed by atoms with van der Waals surface area (Å²) in [6, 6.07) is 18.2. The van der Waals surface area contributed by atoms with Crippen molar-refractivity contribution in [2.45, 2.75) is 33.2 Å². The molecule has 0 aliphatic carbocycles. The number of halogens is 1. The van der Waals surface area contributed by atoms with E-state index in [9.17, 15) is 0 Å². The van der Waals surface area contributed by atoms with Crippen molar-refractivity contribution < 1.29 is 0 Å². The molecule has 0 amide bonds. The van der Waals surface area contributed by atoms with Crippen molar-refractivity contribution in [2.75, 3.05) is 5.32 Å². The molecular formula is C23H25ClN4S. The van der Waals surface area contributed by atoms with Gasteiger partial charge in [-0.3, -0.25) is 5.43 Å². The molecule has 2 N–H and O–H groups in total. The number of anilines is 1. The molecule has 0 aliphatic rings. The lowest BCUT2D eigenvalue weighted by Gasteiger charge is -2.15. The molecule has 0 saturated heterocycles. The monoisotopic (exact) mass is 424 g/mol. The van der Waals surface area contributed by atoms with Gasteiger partial charge in [0.05, 0.1) is 11.9 Å². The Morgan fingerprint density at radius 2 is 1.79 bits per heavy atom. The van der Waals surface area contributed by atoms with E-state index < -0.39 is 0 Å². The third kappa shape index (κ3) is 5.68. The van der Waals surface area contributed by atoms with Gasteiger partial charge < -0.3 is 9.88 Å². The van der Waals surface area contributed by atoms with Crippen LogP contribution in [0.2, 0.25) is 5.02 Å². The average molecular weight is 425 g/mol. The first-order valence-electron chi connectivity index (χ1n) is 9.71. The summed E-state index contributed by atoms with van der Waals surface area (Å²) >= 11 is 11.5. The highest BCUT2D eigenvalue weighted by atomic mass is 35.5. The largest absolute Gasteiger partial charge is 0.342 e. The maximum Gasteiger partial charge on any atom is 0.191 e. The molecule has 1 aromatic heterocycles. The Morgan fingerprint density at radius 3 is 2.48 bits per heavy atom. The number of thiocarbonyl (C=S) groups is 1. The van der Waals surface area contributed by atoms with Gasteiger partial charge in [-0.05, 0) is 66.0 Å². The zero-order chi connectivity index (χ0) is 20.6. The van der Waals surface area contributed by atoms with Crippen LogP contribution in [0.3, 0.4) is 0 Å². The van der Waals surface area contributed by atoms with Crippen LogP contribution in [0.15, 0.2) is 65.9 Å². The summed E-state index contributed by atoms with van der Waals surface area (Å²) < 4.78 is 2.11. The van der Waals surface area contributed by atoms with Crippen molar-refractivity contribution in [1.82, 2.24) is 9.99 Å². The molecule has 6 heteroatoms. The fourth-order valence-electron chi connectivity index (χ4n) is 3.22. The predicted molar refractivity (Wildman–Crippen MR) is 127 cm³/mol. The molecule has 0 fully saturated rings. The van der Waals surface area contributed by atoms with Crippen molar-refractivity contribution in [3.63, 3.8) is 0 Å². The summed E-state index contributed by atoms with van der Waals surface area (Å²) in [5.41, 5.74) is 8.60. The van der Waals surface area contributed by atoms with Gasteiger partial charge in [-0.1, -0.05) is 55.8 Å². The zero-order valence-electron chi connectivity index (χ0n) is 16.7. The molecule has 3 aromatic rings. The van der Waals surface area contributed by atoms with Crippen LogP contribution in [-0.4, -0.2) is 15.9 Å². The summed E-state index contributed by atoms with van der Waals surface area (Å²) in [5.74, 6) is 0. The van der Waals surface area contributed by atoms with Gasteiger partial charge in [-0.15, -0.1) is 0 Å². The normalized spacial score (nSPS) is 11.0. The molecule has 29 heavy (non-hydrogen) atoms. The molecule has 4 nitrogen and oxygen atoms in total. The van der Waals surface area contributed by atoms with Gasteiger partial charge in [0.1, 0.15) is 0 Å². The van der Waals surface area contributed by atoms with Crippen molar-refractivity contribution in [3.8, 4) is 0 Å². The van der Waals surface area contributed by atoms with Crippen molar-refractivity contribution in [1.29, 1.82) is 0 Å². The van der Waals surface area contributed by atoms with Crippen molar-refractivity contribution >= 4 is 40.8 Å². The molecule has 0 unspecified atom stereocenters. The Kier molecular flexibility index (Phi) is 7.44. The Bertz CT molecular complexity index is 987. The summed E-state index contributed by atoms with van der Waals surface area (Å²) in [7, 11) is 0. The number of rotatable bonds is 7. The topological polar surface area (TPSA) is 41.4 Å². The predicted octanol–water partition coefficient (Wildman–Crippen LogP) is 5.64. The molecule has 1 heterocycles. The maximum absolute atomic E-state index is 6.09. The van der Waals surface area contributed by atoms with Crippen LogP contribution in [0.5, 0.6) is 0 Å². The third-order valence-corrected chi connectivity index (χ3v) is 5.14. The Balaban J connectivity index is 1.64. The van der Waals surface area contributed by atoms with Crippen LogP contribution in [0, 0.1) is 0 Å². The fourth-order valence-corrected chi connectivity index (χ4v) is 3.59. The van der Waals surface area contributed by atoms with E-state index in [1.54, 1.807) is 6.21 Å². The molecule has 2 aromatic carbocycles. The molecule has 0 spiro atoms. The quantitative estimate of drug-likeness (QED) is 0.293. The lowest BCUT2D eigenvalue weighted by Crippen LogP contribution is -2.25. The summed E-state index contributed by atoms with van der Waals surface area (Å²) in [5, 5.41) is 8.84. The molecule has 0 bridgehead atoms. The number of hydrazone groups is 1. The second-order valence-electron chi connectivity index (χ2n) is 6.67. The van der Waals surface area contributed by atoms with E-state index in [2.05, 4.69) is 58.5 Å². The highest BCUT2D eigenvalue weighted by Gasteiger charge is 2.07. The van der Waals surface area contributed by atoms with E-state index in [1.165, 1.54) is 11.1 Å². The maximum atomic E-state index is 6.09. The van der Waals surface area contributed by atoms with Gasteiger partial charge in [0.15, 0.2) is 5.11 Å². The second kappa shape index (κ2) is 10.2. The molecule has 3 rings (SSSR count). The number of nitrogens with one attached hydrogen (secondary N) is 2. The smallest absolute Gasteiger partial charge is 0.191 e. The van der Waals surface area contributed by atoms with Crippen LogP contribution >= 0.6 is 23.8 Å². The van der Waals surface area contributed by atoms with Gasteiger partial charge in [0.25, 0.3) is 0 Å². The average Bonchev–Trinajstić information content (AvgIpc) is 3.15. The van der Waals surface area contributed by atoms with Crippen LogP contribution in [0.25, 0.3) is 0 Å². The first kappa shape index (κ1) is 21.1. The standard InChI is InChI=1S/C23H25ClN4S/c1-3-18-9-6-10-19(4-2)22(18)26-23(29)27-25-15-21-12-7-13-28(21)16-17-8-5-11-20(24)14-17/h5-15H,3-4,16H2,1-2H3,(H2,26,27,29). The first-order chi connectivity index (χ1) is 14.1. The second-order valence-corrected chi connectivity index (χ2v) is 7.52. The third-order valence-electron chi connectivity index (χ3n) is 4.71. The lowest BCUT2D eigenvalue weighted by molar-refractivity contribution is 0.799. The molecule has 0 saturated carbocycles. The van der Waals surface area contributed by atoms with E-state index in [-0.39, 0.29) is 0 Å². The van der Waals surface area contributed by atoms with E-state index in [0.29, 0.717) is 5.11 Å². The van der Waals surface area contributed by atoms with E-state index in [0.717, 1.165) is 41.4 Å². The molecule has 0 radical (unpaired) electrons. The minimum atomic E-state index is 0.477. The number of hydrogen-bond acceptors (Lipinski definition) is 2. The van der Waals surface area contributed by atoms with Crippen LogP contribution in [-0.2, 0) is 19.4 Å². The van der Waals surface area contributed by atoms with Gasteiger partial charge in [0, 0.05) is 23.5 Å². The SMILES string of the molecule is CCc1cccc(CC)c1NC(=S)NN=Cc1cccn1Cc1cccc(Cl)c1. The van der Waals surface area contributed by atoms with Gasteiger partial charge in [-0.25, -0.2) is 0 Å². The number of para-hydroxylation sites is 1. The minimum Gasteiger partial charge on any atom is -0.342 e. The number of hydrogen-bond donors (Lipinski definition) is 2. The minimum absolute atomic E-state index is 0.477. The number of aryl methyl sites for hydroxylation is 2.